The SMILES string of the molecule is COc1ccc(Cn2c(=O)c3cccnc3n(CC(=O)Nc3c(C)cccc3C)c2=O)cc1. The highest BCUT2D eigenvalue weighted by Crippen LogP contribution is 2.19. The molecule has 0 unspecified atom stereocenters. The van der Waals surface area contributed by atoms with Gasteiger partial charge in [-0.15, -0.1) is 0 Å². The molecular weight excluding hydrogens is 420 g/mol. The maximum absolute atomic E-state index is 13.3. The minimum absolute atomic E-state index is 0.0605. The molecule has 0 aliphatic rings. The van der Waals surface area contributed by atoms with Crippen molar-refractivity contribution in [3.05, 3.63) is 98.3 Å². The van der Waals surface area contributed by atoms with Crippen molar-refractivity contribution in [3.63, 3.8) is 0 Å². The van der Waals surface area contributed by atoms with Crippen LogP contribution in [-0.2, 0) is 17.9 Å². The van der Waals surface area contributed by atoms with Gasteiger partial charge in [0.2, 0.25) is 5.91 Å². The van der Waals surface area contributed by atoms with Crippen LogP contribution < -0.4 is 21.3 Å². The molecule has 0 aliphatic heterocycles. The van der Waals surface area contributed by atoms with E-state index in [9.17, 15) is 14.4 Å². The topological polar surface area (TPSA) is 95.2 Å². The Labute approximate surface area is 190 Å². The van der Waals surface area contributed by atoms with Gasteiger partial charge in [0.05, 0.1) is 19.0 Å². The fourth-order valence-corrected chi connectivity index (χ4v) is 3.78. The van der Waals surface area contributed by atoms with Crippen molar-refractivity contribution >= 4 is 22.6 Å². The summed E-state index contributed by atoms with van der Waals surface area (Å²) in [5.41, 5.74) is 2.43. The lowest BCUT2D eigenvalue weighted by Gasteiger charge is -2.15. The number of nitrogens with zero attached hydrogens (tertiary/aromatic N) is 3. The Hall–Kier alpha value is -4.20. The lowest BCUT2D eigenvalue weighted by Crippen LogP contribution is -2.42. The van der Waals surface area contributed by atoms with Gasteiger partial charge in [-0.1, -0.05) is 30.3 Å². The number of nitrogens with one attached hydrogen (secondary N) is 1. The number of pyridine rings is 1. The summed E-state index contributed by atoms with van der Waals surface area (Å²) < 4.78 is 7.53. The molecular formula is C25H24N4O4. The lowest BCUT2D eigenvalue weighted by atomic mass is 10.1. The second kappa shape index (κ2) is 9.12. The molecule has 8 heteroatoms. The third kappa shape index (κ3) is 4.41. The largest absolute Gasteiger partial charge is 0.497 e. The average molecular weight is 444 g/mol. The normalized spacial score (nSPS) is 10.9. The first-order valence-electron chi connectivity index (χ1n) is 10.5. The van der Waals surface area contributed by atoms with Gasteiger partial charge in [-0.2, -0.15) is 0 Å². The van der Waals surface area contributed by atoms with Crippen molar-refractivity contribution in [2.75, 3.05) is 12.4 Å². The Morgan fingerprint density at radius 1 is 0.970 bits per heavy atom. The minimum Gasteiger partial charge on any atom is -0.497 e. The highest BCUT2D eigenvalue weighted by atomic mass is 16.5. The fraction of sp³-hybridized carbons (Fsp3) is 0.200. The summed E-state index contributed by atoms with van der Waals surface area (Å²) in [6, 6.07) is 16.1. The maximum atomic E-state index is 13.3. The molecule has 1 N–H and O–H groups in total. The third-order valence-corrected chi connectivity index (χ3v) is 5.53. The number of para-hydroxylation sites is 1. The van der Waals surface area contributed by atoms with Gasteiger partial charge in [0.1, 0.15) is 17.9 Å². The zero-order chi connectivity index (χ0) is 23.5. The van der Waals surface area contributed by atoms with Gasteiger partial charge in [0.15, 0.2) is 0 Å². The molecule has 0 atom stereocenters. The predicted octanol–water partition coefficient (Wildman–Crippen LogP) is 2.87. The Morgan fingerprint density at radius 2 is 1.67 bits per heavy atom. The molecule has 0 saturated heterocycles. The summed E-state index contributed by atoms with van der Waals surface area (Å²) in [6.07, 6.45) is 1.49. The quantitative estimate of drug-likeness (QED) is 0.493. The molecule has 168 valence electrons. The maximum Gasteiger partial charge on any atom is 0.333 e. The highest BCUT2D eigenvalue weighted by molar-refractivity contribution is 5.92. The van der Waals surface area contributed by atoms with E-state index in [0.717, 1.165) is 21.3 Å². The molecule has 0 fully saturated rings. The molecule has 1 amide bonds. The van der Waals surface area contributed by atoms with Crippen LogP contribution in [0.15, 0.2) is 70.4 Å². The van der Waals surface area contributed by atoms with Gasteiger partial charge in [-0.05, 0) is 54.8 Å². The van der Waals surface area contributed by atoms with E-state index in [1.807, 2.05) is 32.0 Å². The van der Waals surface area contributed by atoms with E-state index in [0.29, 0.717) is 11.4 Å². The molecule has 0 aliphatic carbocycles. The number of anilines is 1. The van der Waals surface area contributed by atoms with E-state index in [2.05, 4.69) is 10.3 Å². The number of rotatable bonds is 6. The number of fused-ring (bicyclic) bond motifs is 1. The highest BCUT2D eigenvalue weighted by Gasteiger charge is 2.17. The Morgan fingerprint density at radius 3 is 2.33 bits per heavy atom. The van der Waals surface area contributed by atoms with Crippen LogP contribution in [0.5, 0.6) is 5.75 Å². The van der Waals surface area contributed by atoms with Crippen LogP contribution in [0.3, 0.4) is 0 Å². The van der Waals surface area contributed by atoms with E-state index < -0.39 is 11.2 Å². The average Bonchev–Trinajstić information content (AvgIpc) is 2.82. The van der Waals surface area contributed by atoms with Gasteiger partial charge >= 0.3 is 5.69 Å². The molecule has 0 bridgehead atoms. The number of hydrogen-bond donors (Lipinski definition) is 1. The predicted molar refractivity (Wildman–Crippen MR) is 127 cm³/mol. The van der Waals surface area contributed by atoms with Crippen LogP contribution in [-0.4, -0.2) is 27.1 Å². The Kier molecular flexibility index (Phi) is 6.08. The number of hydrogen-bond acceptors (Lipinski definition) is 5. The first-order chi connectivity index (χ1) is 15.9. The Balaban J connectivity index is 1.75. The zero-order valence-corrected chi connectivity index (χ0v) is 18.7. The summed E-state index contributed by atoms with van der Waals surface area (Å²) in [4.78, 5) is 43.5. The molecule has 0 saturated carbocycles. The van der Waals surface area contributed by atoms with Crippen LogP contribution in [0.1, 0.15) is 16.7 Å². The molecule has 0 radical (unpaired) electrons. The van der Waals surface area contributed by atoms with E-state index in [1.54, 1.807) is 43.5 Å². The number of methoxy groups -OCH3 is 1. The van der Waals surface area contributed by atoms with E-state index >= 15 is 0 Å². The fourth-order valence-electron chi connectivity index (χ4n) is 3.78. The van der Waals surface area contributed by atoms with Crippen LogP contribution in [0, 0.1) is 13.8 Å². The van der Waals surface area contributed by atoms with Crippen molar-refractivity contribution in [1.82, 2.24) is 14.1 Å². The smallest absolute Gasteiger partial charge is 0.333 e. The van der Waals surface area contributed by atoms with Crippen LogP contribution in [0.25, 0.3) is 11.0 Å². The number of benzene rings is 2. The van der Waals surface area contributed by atoms with E-state index in [1.165, 1.54) is 10.8 Å². The molecule has 0 spiro atoms. The molecule has 2 aromatic carbocycles. The molecule has 2 heterocycles. The van der Waals surface area contributed by atoms with Crippen LogP contribution in [0.4, 0.5) is 5.69 Å². The molecule has 8 nitrogen and oxygen atoms in total. The van der Waals surface area contributed by atoms with Crippen molar-refractivity contribution in [1.29, 1.82) is 0 Å². The van der Waals surface area contributed by atoms with Crippen LogP contribution in [0.2, 0.25) is 0 Å². The third-order valence-electron chi connectivity index (χ3n) is 5.53. The summed E-state index contributed by atoms with van der Waals surface area (Å²) >= 11 is 0. The lowest BCUT2D eigenvalue weighted by molar-refractivity contribution is -0.116. The molecule has 33 heavy (non-hydrogen) atoms. The summed E-state index contributed by atoms with van der Waals surface area (Å²) in [5.74, 6) is 0.297. The second-order valence-corrected chi connectivity index (χ2v) is 7.80. The molecule has 4 rings (SSSR count). The van der Waals surface area contributed by atoms with Crippen molar-refractivity contribution in [2.24, 2.45) is 0 Å². The number of carbonyl (C=O) groups is 1. The first kappa shape index (κ1) is 22.0. The van der Waals surface area contributed by atoms with Gasteiger partial charge < -0.3 is 10.1 Å². The number of carbonyl (C=O) groups excluding carboxylic acids is 1. The number of ether oxygens (including phenoxy) is 1. The first-order valence-corrected chi connectivity index (χ1v) is 10.5. The van der Waals surface area contributed by atoms with Gasteiger partial charge in [0, 0.05) is 11.9 Å². The monoisotopic (exact) mass is 444 g/mol. The number of aromatic nitrogens is 3. The molecule has 4 aromatic rings. The summed E-state index contributed by atoms with van der Waals surface area (Å²) in [5, 5.41) is 3.16. The molecule has 2 aromatic heterocycles. The number of aryl methyl sites for hydroxylation is 2. The Bertz CT molecular complexity index is 1430. The minimum atomic E-state index is -0.598. The summed E-state index contributed by atoms with van der Waals surface area (Å²) in [6.45, 7) is 3.59. The van der Waals surface area contributed by atoms with Gasteiger partial charge in [-0.25, -0.2) is 9.78 Å². The number of amides is 1. The summed E-state index contributed by atoms with van der Waals surface area (Å²) in [7, 11) is 1.57. The van der Waals surface area contributed by atoms with Crippen molar-refractivity contribution in [3.8, 4) is 5.75 Å². The van der Waals surface area contributed by atoms with Crippen LogP contribution >= 0.6 is 0 Å². The zero-order valence-electron chi connectivity index (χ0n) is 18.7. The van der Waals surface area contributed by atoms with Gasteiger partial charge in [0.25, 0.3) is 5.56 Å². The van der Waals surface area contributed by atoms with Gasteiger partial charge in [-0.3, -0.25) is 18.7 Å². The van der Waals surface area contributed by atoms with Crippen molar-refractivity contribution < 1.29 is 9.53 Å². The standard InChI is InChI=1S/C25H24N4O4/c1-16-6-4-7-17(2)22(16)27-21(30)15-28-23-20(8-5-13-26-23)24(31)29(25(28)32)14-18-9-11-19(33-3)12-10-18/h4-13H,14-15H2,1-3H3,(H,27,30). The van der Waals surface area contributed by atoms with Crippen molar-refractivity contribution in [2.45, 2.75) is 26.9 Å². The van der Waals surface area contributed by atoms with E-state index in [4.69, 9.17) is 4.74 Å². The second-order valence-electron chi connectivity index (χ2n) is 7.80. The van der Waals surface area contributed by atoms with E-state index in [-0.39, 0.29) is 30.0 Å².